The second-order valence-electron chi connectivity index (χ2n) is 4.52. The van der Waals surface area contributed by atoms with Crippen LogP contribution in [0.1, 0.15) is 5.01 Å². The fourth-order valence-corrected chi connectivity index (χ4v) is 3.31. The molecular weight excluding hydrogens is 343 g/mol. The molecule has 0 aliphatic heterocycles. The van der Waals surface area contributed by atoms with E-state index in [1.807, 2.05) is 24.4 Å². The summed E-state index contributed by atoms with van der Waals surface area (Å²) in [6.45, 7) is 0.587. The van der Waals surface area contributed by atoms with Gasteiger partial charge in [-0.3, -0.25) is 4.68 Å². The topological polar surface area (TPSA) is 60.9 Å². The van der Waals surface area contributed by atoms with Gasteiger partial charge in [0.1, 0.15) is 5.01 Å². The summed E-state index contributed by atoms with van der Waals surface area (Å²) in [6, 6.07) is 7.27. The minimum Gasteiger partial charge on any atom is -0.266 e. The molecule has 3 aromatic heterocycles. The van der Waals surface area contributed by atoms with E-state index in [0.29, 0.717) is 32.9 Å². The predicted octanol–water partition coefficient (Wildman–Crippen LogP) is 3.40. The molecule has 9 heteroatoms. The molecule has 0 spiro atoms. The standard InChI is InChI=1S/C13H8Cl2N6S/c14-9-4-1-3-8(11(9)15)12-17-18-13-21(12)19-10(22-13)7-20-6-2-5-16-20/h1-6H,7H2. The van der Waals surface area contributed by atoms with E-state index in [1.165, 1.54) is 11.3 Å². The van der Waals surface area contributed by atoms with Gasteiger partial charge >= 0.3 is 0 Å². The molecule has 4 rings (SSSR count). The zero-order chi connectivity index (χ0) is 15.1. The Bertz CT molecular complexity index is 943. The fourth-order valence-electron chi connectivity index (χ4n) is 2.10. The highest BCUT2D eigenvalue weighted by atomic mass is 35.5. The lowest BCUT2D eigenvalue weighted by Gasteiger charge is -2.02. The van der Waals surface area contributed by atoms with Crippen LogP contribution in [0.15, 0.2) is 36.7 Å². The molecule has 1 aromatic carbocycles. The normalized spacial score (nSPS) is 11.4. The van der Waals surface area contributed by atoms with Gasteiger partial charge in [0.15, 0.2) is 5.82 Å². The first-order valence-electron chi connectivity index (χ1n) is 6.35. The van der Waals surface area contributed by atoms with E-state index >= 15 is 0 Å². The highest BCUT2D eigenvalue weighted by Gasteiger charge is 2.17. The van der Waals surface area contributed by atoms with E-state index in [9.17, 15) is 0 Å². The van der Waals surface area contributed by atoms with Gasteiger partial charge in [-0.05, 0) is 18.2 Å². The smallest absolute Gasteiger partial charge is 0.235 e. The van der Waals surface area contributed by atoms with Crippen LogP contribution >= 0.6 is 34.5 Å². The number of aromatic nitrogens is 6. The lowest BCUT2D eigenvalue weighted by atomic mass is 10.2. The van der Waals surface area contributed by atoms with Crippen LogP contribution in [0.3, 0.4) is 0 Å². The van der Waals surface area contributed by atoms with E-state index in [2.05, 4.69) is 20.4 Å². The fraction of sp³-hybridized carbons (Fsp3) is 0.0769. The van der Waals surface area contributed by atoms with Crippen molar-refractivity contribution in [1.82, 2.24) is 29.6 Å². The Morgan fingerprint density at radius 2 is 2.05 bits per heavy atom. The summed E-state index contributed by atoms with van der Waals surface area (Å²) >= 11 is 13.8. The van der Waals surface area contributed by atoms with E-state index in [4.69, 9.17) is 23.2 Å². The molecular formula is C13H8Cl2N6S. The molecule has 3 heterocycles. The molecule has 4 aromatic rings. The van der Waals surface area contributed by atoms with Crippen LogP contribution in [0.4, 0.5) is 0 Å². The third-order valence-electron chi connectivity index (χ3n) is 3.08. The summed E-state index contributed by atoms with van der Waals surface area (Å²) in [7, 11) is 0. The van der Waals surface area contributed by atoms with Crippen LogP contribution in [0, 0.1) is 0 Å². The Hall–Kier alpha value is -1.96. The van der Waals surface area contributed by atoms with Crippen molar-refractivity contribution in [2.75, 3.05) is 0 Å². The maximum absolute atomic E-state index is 6.26. The van der Waals surface area contributed by atoms with Crippen molar-refractivity contribution in [1.29, 1.82) is 0 Å². The third kappa shape index (κ3) is 2.27. The van der Waals surface area contributed by atoms with Gasteiger partial charge in [-0.25, -0.2) is 0 Å². The zero-order valence-electron chi connectivity index (χ0n) is 11.0. The zero-order valence-corrected chi connectivity index (χ0v) is 13.3. The summed E-state index contributed by atoms with van der Waals surface area (Å²) in [6.07, 6.45) is 3.62. The Labute approximate surface area is 138 Å². The first-order chi connectivity index (χ1) is 10.7. The first kappa shape index (κ1) is 13.7. The molecule has 0 saturated carbocycles. The van der Waals surface area contributed by atoms with Gasteiger partial charge in [-0.2, -0.15) is 14.7 Å². The van der Waals surface area contributed by atoms with Gasteiger partial charge in [0.25, 0.3) is 0 Å². The Balaban J connectivity index is 1.79. The highest BCUT2D eigenvalue weighted by Crippen LogP contribution is 2.33. The number of fused-ring (bicyclic) bond motifs is 1. The number of hydrogen-bond acceptors (Lipinski definition) is 5. The van der Waals surface area contributed by atoms with Crippen LogP contribution in [0.2, 0.25) is 10.0 Å². The molecule has 22 heavy (non-hydrogen) atoms. The van der Waals surface area contributed by atoms with E-state index in [-0.39, 0.29) is 0 Å². The van der Waals surface area contributed by atoms with Crippen molar-refractivity contribution in [2.24, 2.45) is 0 Å². The number of benzene rings is 1. The third-order valence-corrected chi connectivity index (χ3v) is 4.78. The van der Waals surface area contributed by atoms with E-state index in [0.717, 1.165) is 5.01 Å². The number of hydrogen-bond donors (Lipinski definition) is 0. The summed E-state index contributed by atoms with van der Waals surface area (Å²) in [4.78, 5) is 0.702. The number of nitrogens with zero attached hydrogens (tertiary/aromatic N) is 6. The molecule has 0 aliphatic rings. The molecule has 0 N–H and O–H groups in total. The quantitative estimate of drug-likeness (QED) is 0.568. The summed E-state index contributed by atoms with van der Waals surface area (Å²) in [5.74, 6) is 0.575. The Morgan fingerprint density at radius 1 is 1.14 bits per heavy atom. The summed E-state index contributed by atoms with van der Waals surface area (Å²) in [5, 5.41) is 18.8. The molecule has 6 nitrogen and oxygen atoms in total. The average Bonchev–Trinajstić information content (AvgIpc) is 3.20. The molecule has 0 unspecified atom stereocenters. The van der Waals surface area contributed by atoms with Gasteiger partial charge in [-0.15, -0.1) is 10.2 Å². The van der Waals surface area contributed by atoms with Crippen LogP contribution in [-0.2, 0) is 6.54 Å². The molecule has 0 amide bonds. The molecule has 110 valence electrons. The van der Waals surface area contributed by atoms with Crippen LogP contribution in [0.25, 0.3) is 16.3 Å². The van der Waals surface area contributed by atoms with E-state index in [1.54, 1.807) is 21.5 Å². The molecule has 0 bridgehead atoms. The summed E-state index contributed by atoms with van der Waals surface area (Å²) in [5.41, 5.74) is 0.706. The van der Waals surface area contributed by atoms with Gasteiger partial charge in [-0.1, -0.05) is 40.6 Å². The van der Waals surface area contributed by atoms with Gasteiger partial charge in [0, 0.05) is 18.0 Å². The molecule has 0 atom stereocenters. The van der Waals surface area contributed by atoms with Crippen molar-refractivity contribution >= 4 is 39.5 Å². The minimum atomic E-state index is 0.445. The average molecular weight is 351 g/mol. The lowest BCUT2D eigenvalue weighted by molar-refractivity contribution is 0.673. The Morgan fingerprint density at radius 3 is 2.86 bits per heavy atom. The first-order valence-corrected chi connectivity index (χ1v) is 7.92. The molecule has 0 radical (unpaired) electrons. The van der Waals surface area contributed by atoms with Crippen molar-refractivity contribution in [3.05, 3.63) is 51.7 Å². The second kappa shape index (κ2) is 5.35. The monoisotopic (exact) mass is 350 g/mol. The maximum atomic E-state index is 6.26. The van der Waals surface area contributed by atoms with Crippen molar-refractivity contribution < 1.29 is 0 Å². The number of rotatable bonds is 3. The number of halogens is 2. The van der Waals surface area contributed by atoms with Gasteiger partial charge in [0.05, 0.1) is 16.6 Å². The van der Waals surface area contributed by atoms with Crippen molar-refractivity contribution in [3.8, 4) is 11.4 Å². The highest BCUT2D eigenvalue weighted by molar-refractivity contribution is 7.16. The maximum Gasteiger partial charge on any atom is 0.235 e. The van der Waals surface area contributed by atoms with Gasteiger partial charge < -0.3 is 0 Å². The van der Waals surface area contributed by atoms with Crippen molar-refractivity contribution in [2.45, 2.75) is 6.54 Å². The van der Waals surface area contributed by atoms with Gasteiger partial charge in [0.2, 0.25) is 4.96 Å². The lowest BCUT2D eigenvalue weighted by Crippen LogP contribution is -2.00. The summed E-state index contributed by atoms with van der Waals surface area (Å²) < 4.78 is 3.48. The Kier molecular flexibility index (Phi) is 3.33. The van der Waals surface area contributed by atoms with Crippen LogP contribution < -0.4 is 0 Å². The molecule has 0 saturated heterocycles. The largest absolute Gasteiger partial charge is 0.266 e. The van der Waals surface area contributed by atoms with E-state index < -0.39 is 0 Å². The SMILES string of the molecule is Clc1cccc(-c2nnc3sc(Cn4cccn4)nn23)c1Cl. The van der Waals surface area contributed by atoms with Crippen LogP contribution in [0.5, 0.6) is 0 Å². The second-order valence-corrected chi connectivity index (χ2v) is 6.34. The molecule has 0 aliphatic carbocycles. The predicted molar refractivity (Wildman–Crippen MR) is 85.4 cm³/mol. The van der Waals surface area contributed by atoms with Crippen LogP contribution in [-0.4, -0.2) is 29.6 Å². The molecule has 0 fully saturated rings. The van der Waals surface area contributed by atoms with Crippen molar-refractivity contribution in [3.63, 3.8) is 0 Å². The minimum absolute atomic E-state index is 0.445.